The zero-order chi connectivity index (χ0) is 14.7. The van der Waals surface area contributed by atoms with Crippen molar-refractivity contribution in [2.24, 2.45) is 11.3 Å². The number of piperidine rings is 1. The summed E-state index contributed by atoms with van der Waals surface area (Å²) in [5, 5.41) is 6.46. The van der Waals surface area contributed by atoms with Gasteiger partial charge in [0, 0.05) is 19.6 Å². The lowest BCUT2D eigenvalue weighted by Gasteiger charge is -2.23. The molecule has 1 aliphatic heterocycles. The topological polar surface area (TPSA) is 50.4 Å². The van der Waals surface area contributed by atoms with Crippen molar-refractivity contribution in [3.05, 3.63) is 35.4 Å². The Bertz CT molecular complexity index is 498. The molecule has 0 aromatic heterocycles. The van der Waals surface area contributed by atoms with E-state index in [4.69, 9.17) is 4.74 Å². The second-order valence-corrected chi connectivity index (χ2v) is 6.34. The van der Waals surface area contributed by atoms with Crippen LogP contribution in [0.4, 0.5) is 0 Å². The van der Waals surface area contributed by atoms with Crippen LogP contribution in [-0.4, -0.2) is 26.1 Å². The molecule has 2 fully saturated rings. The Labute approximate surface area is 138 Å². The van der Waals surface area contributed by atoms with Gasteiger partial charge in [-0.1, -0.05) is 24.3 Å². The number of hydrogen-bond donors (Lipinski definition) is 2. The summed E-state index contributed by atoms with van der Waals surface area (Å²) >= 11 is 0. The molecular weight excluding hydrogens is 300 g/mol. The standard InChI is InChI=1S/C17H24N2O2.ClH/c1-21-12-14-4-2-13(3-5-14)11-19-16(20)15-10-17(15)6-8-18-9-7-17;/h2-5,15,18H,6-12H2,1H3,(H,19,20);1H. The van der Waals surface area contributed by atoms with Crippen LogP contribution in [0, 0.1) is 11.3 Å². The molecule has 1 heterocycles. The molecule has 1 aliphatic carbocycles. The van der Waals surface area contributed by atoms with Crippen LogP contribution in [0.2, 0.25) is 0 Å². The molecular formula is C17H25ClN2O2. The number of carbonyl (C=O) groups is 1. The summed E-state index contributed by atoms with van der Waals surface area (Å²) in [6.45, 7) is 3.37. The average molecular weight is 325 g/mol. The second-order valence-electron chi connectivity index (χ2n) is 6.34. The third-order valence-electron chi connectivity index (χ3n) is 4.91. The van der Waals surface area contributed by atoms with Gasteiger partial charge in [-0.05, 0) is 48.9 Å². The Morgan fingerprint density at radius 2 is 1.91 bits per heavy atom. The van der Waals surface area contributed by atoms with Gasteiger partial charge in [0.1, 0.15) is 0 Å². The lowest BCUT2D eigenvalue weighted by molar-refractivity contribution is -0.123. The van der Waals surface area contributed by atoms with Crippen LogP contribution >= 0.6 is 12.4 Å². The van der Waals surface area contributed by atoms with Gasteiger partial charge in [-0.15, -0.1) is 12.4 Å². The summed E-state index contributed by atoms with van der Waals surface area (Å²) in [4.78, 5) is 12.3. The Balaban J connectivity index is 0.00000176. The first-order valence-electron chi connectivity index (χ1n) is 7.79. The summed E-state index contributed by atoms with van der Waals surface area (Å²) in [6, 6.07) is 8.22. The molecule has 1 spiro atoms. The van der Waals surface area contributed by atoms with Crippen LogP contribution < -0.4 is 10.6 Å². The smallest absolute Gasteiger partial charge is 0.223 e. The average Bonchev–Trinajstić information content (AvgIpc) is 3.20. The molecule has 1 aromatic rings. The number of carbonyl (C=O) groups excluding carboxylic acids is 1. The van der Waals surface area contributed by atoms with Gasteiger partial charge in [0.15, 0.2) is 0 Å². The lowest BCUT2D eigenvalue weighted by Crippen LogP contribution is -2.33. The normalized spacial score (nSPS) is 22.0. The Hall–Kier alpha value is -1.10. The molecule has 1 saturated carbocycles. The molecule has 2 aliphatic rings. The van der Waals surface area contributed by atoms with Crippen molar-refractivity contribution in [2.45, 2.75) is 32.4 Å². The summed E-state index contributed by atoms with van der Waals surface area (Å²) in [6.07, 6.45) is 3.38. The number of halogens is 1. The molecule has 0 bridgehead atoms. The monoisotopic (exact) mass is 324 g/mol. The fourth-order valence-electron chi connectivity index (χ4n) is 3.43. The highest BCUT2D eigenvalue weighted by Crippen LogP contribution is 2.58. The number of amides is 1. The van der Waals surface area contributed by atoms with E-state index >= 15 is 0 Å². The van der Waals surface area contributed by atoms with Crippen molar-refractivity contribution in [1.82, 2.24) is 10.6 Å². The minimum atomic E-state index is 0. The van der Waals surface area contributed by atoms with Crippen LogP contribution in [0.25, 0.3) is 0 Å². The van der Waals surface area contributed by atoms with Crippen molar-refractivity contribution in [3.8, 4) is 0 Å². The molecule has 0 radical (unpaired) electrons. The lowest BCUT2D eigenvalue weighted by atomic mass is 9.92. The molecule has 1 saturated heterocycles. The number of methoxy groups -OCH3 is 1. The fraction of sp³-hybridized carbons (Fsp3) is 0.588. The first-order valence-corrected chi connectivity index (χ1v) is 7.79. The van der Waals surface area contributed by atoms with E-state index in [-0.39, 0.29) is 24.2 Å². The third kappa shape index (κ3) is 3.80. The first kappa shape index (κ1) is 17.3. The SMILES string of the molecule is COCc1ccc(CNC(=O)C2CC23CCNCC3)cc1.Cl. The van der Waals surface area contributed by atoms with Gasteiger partial charge in [0.25, 0.3) is 0 Å². The van der Waals surface area contributed by atoms with Crippen LogP contribution in [0.15, 0.2) is 24.3 Å². The molecule has 3 rings (SSSR count). The van der Waals surface area contributed by atoms with Crippen molar-refractivity contribution in [3.63, 3.8) is 0 Å². The van der Waals surface area contributed by atoms with Crippen molar-refractivity contribution < 1.29 is 9.53 Å². The van der Waals surface area contributed by atoms with Gasteiger partial charge in [-0.2, -0.15) is 0 Å². The molecule has 4 nitrogen and oxygen atoms in total. The molecule has 1 amide bonds. The number of ether oxygens (including phenoxy) is 1. The van der Waals surface area contributed by atoms with E-state index in [2.05, 4.69) is 34.9 Å². The van der Waals surface area contributed by atoms with Gasteiger partial charge in [-0.3, -0.25) is 4.79 Å². The van der Waals surface area contributed by atoms with E-state index in [0.29, 0.717) is 18.6 Å². The predicted molar refractivity (Wildman–Crippen MR) is 88.9 cm³/mol. The maximum atomic E-state index is 12.3. The molecule has 1 atom stereocenters. The van der Waals surface area contributed by atoms with Gasteiger partial charge >= 0.3 is 0 Å². The van der Waals surface area contributed by atoms with E-state index in [1.165, 1.54) is 0 Å². The maximum absolute atomic E-state index is 12.3. The van der Waals surface area contributed by atoms with E-state index in [0.717, 1.165) is 43.5 Å². The Morgan fingerprint density at radius 3 is 2.55 bits per heavy atom. The van der Waals surface area contributed by atoms with Gasteiger partial charge in [0.05, 0.1) is 6.61 Å². The number of hydrogen-bond acceptors (Lipinski definition) is 3. The van der Waals surface area contributed by atoms with E-state index in [1.54, 1.807) is 7.11 Å². The van der Waals surface area contributed by atoms with Crippen LogP contribution in [-0.2, 0) is 22.7 Å². The van der Waals surface area contributed by atoms with Crippen LogP contribution in [0.5, 0.6) is 0 Å². The number of rotatable bonds is 5. The highest BCUT2D eigenvalue weighted by Gasteiger charge is 2.57. The highest BCUT2D eigenvalue weighted by molar-refractivity contribution is 5.85. The van der Waals surface area contributed by atoms with Crippen molar-refractivity contribution in [2.75, 3.05) is 20.2 Å². The Kier molecular flexibility index (Phi) is 5.84. The van der Waals surface area contributed by atoms with Gasteiger partial charge in [0.2, 0.25) is 5.91 Å². The van der Waals surface area contributed by atoms with Crippen molar-refractivity contribution >= 4 is 18.3 Å². The number of nitrogens with one attached hydrogen (secondary N) is 2. The van der Waals surface area contributed by atoms with E-state index < -0.39 is 0 Å². The number of benzene rings is 1. The summed E-state index contributed by atoms with van der Waals surface area (Å²) in [5.41, 5.74) is 2.61. The predicted octanol–water partition coefficient (Wildman–Crippen LogP) is 2.26. The van der Waals surface area contributed by atoms with Crippen LogP contribution in [0.3, 0.4) is 0 Å². The molecule has 2 N–H and O–H groups in total. The largest absolute Gasteiger partial charge is 0.380 e. The minimum absolute atomic E-state index is 0. The first-order chi connectivity index (χ1) is 10.2. The summed E-state index contributed by atoms with van der Waals surface area (Å²) < 4.78 is 5.09. The van der Waals surface area contributed by atoms with E-state index in [9.17, 15) is 4.79 Å². The molecule has 5 heteroatoms. The maximum Gasteiger partial charge on any atom is 0.223 e. The molecule has 122 valence electrons. The Morgan fingerprint density at radius 1 is 1.27 bits per heavy atom. The van der Waals surface area contributed by atoms with Crippen molar-refractivity contribution in [1.29, 1.82) is 0 Å². The summed E-state index contributed by atoms with van der Waals surface area (Å²) in [5.74, 6) is 0.477. The highest BCUT2D eigenvalue weighted by atomic mass is 35.5. The molecule has 1 aromatic carbocycles. The minimum Gasteiger partial charge on any atom is -0.380 e. The third-order valence-corrected chi connectivity index (χ3v) is 4.91. The second kappa shape index (κ2) is 7.44. The molecule has 1 unspecified atom stereocenters. The van der Waals surface area contributed by atoms with E-state index in [1.807, 2.05) is 0 Å². The van der Waals surface area contributed by atoms with Gasteiger partial charge < -0.3 is 15.4 Å². The molecule has 22 heavy (non-hydrogen) atoms. The zero-order valence-corrected chi connectivity index (χ0v) is 13.9. The fourth-order valence-corrected chi connectivity index (χ4v) is 3.43. The zero-order valence-electron chi connectivity index (χ0n) is 13.1. The van der Waals surface area contributed by atoms with Crippen LogP contribution in [0.1, 0.15) is 30.4 Å². The summed E-state index contributed by atoms with van der Waals surface area (Å²) in [7, 11) is 1.69. The quantitative estimate of drug-likeness (QED) is 0.873. The van der Waals surface area contributed by atoms with Gasteiger partial charge in [-0.25, -0.2) is 0 Å².